The maximum absolute atomic E-state index is 5.65. The van der Waals surface area contributed by atoms with E-state index < -0.39 is 0 Å². The first-order chi connectivity index (χ1) is 7.58. The molecular formula is C11H15N5. The smallest absolute Gasteiger partial charge is 0.149 e. The van der Waals surface area contributed by atoms with E-state index in [1.54, 1.807) is 6.08 Å². The van der Waals surface area contributed by atoms with E-state index in [2.05, 4.69) is 30.4 Å². The lowest BCUT2D eigenvalue weighted by Crippen LogP contribution is -2.42. The summed E-state index contributed by atoms with van der Waals surface area (Å²) < 4.78 is 0. The maximum Gasteiger partial charge on any atom is 0.149 e. The van der Waals surface area contributed by atoms with Crippen LogP contribution in [0.3, 0.4) is 0 Å². The van der Waals surface area contributed by atoms with Gasteiger partial charge in [-0.25, -0.2) is 5.84 Å². The van der Waals surface area contributed by atoms with Gasteiger partial charge in [0.05, 0.1) is 5.70 Å². The highest BCUT2D eigenvalue weighted by atomic mass is 15.8. The van der Waals surface area contributed by atoms with Gasteiger partial charge < -0.3 is 5.73 Å². The van der Waals surface area contributed by atoms with Crippen molar-refractivity contribution in [2.75, 3.05) is 0 Å². The number of amidine groups is 1. The molecular weight excluding hydrogens is 202 g/mol. The zero-order valence-electron chi connectivity index (χ0n) is 9.36. The zero-order valence-corrected chi connectivity index (χ0v) is 9.36. The third-order valence-electron chi connectivity index (χ3n) is 2.65. The zero-order chi connectivity index (χ0) is 11.7. The van der Waals surface area contributed by atoms with Crippen LogP contribution in [-0.4, -0.2) is 11.1 Å². The molecule has 84 valence electrons. The number of hydrogen-bond donors (Lipinski definition) is 3. The highest BCUT2D eigenvalue weighted by Gasteiger charge is 2.12. The molecule has 1 aromatic carbocycles. The van der Waals surface area contributed by atoms with E-state index in [1.165, 1.54) is 11.1 Å². The number of hydrazone groups is 1. The van der Waals surface area contributed by atoms with Crippen LogP contribution in [0.15, 0.2) is 29.4 Å². The number of hydrogen-bond acceptors (Lipinski definition) is 5. The second-order valence-electron chi connectivity index (χ2n) is 3.79. The number of nitrogens with zero attached hydrogens (tertiary/aromatic N) is 2. The Morgan fingerprint density at radius 3 is 2.75 bits per heavy atom. The Hall–Kier alpha value is -2.01. The molecule has 1 aliphatic rings. The quantitative estimate of drug-likeness (QED) is 0.602. The topological polar surface area (TPSA) is 79.7 Å². The number of aryl methyl sites for hydroxylation is 1. The van der Waals surface area contributed by atoms with E-state index in [1.807, 2.05) is 12.1 Å². The van der Waals surface area contributed by atoms with E-state index in [9.17, 15) is 0 Å². The SMILES string of the molecule is Cc1cccc(C2=CC(N)=NN(N)N2)c1C. The van der Waals surface area contributed by atoms with Gasteiger partial charge in [0.15, 0.2) is 0 Å². The Kier molecular flexibility index (Phi) is 2.54. The van der Waals surface area contributed by atoms with Crippen LogP contribution in [0.1, 0.15) is 16.7 Å². The van der Waals surface area contributed by atoms with Crippen molar-refractivity contribution in [3.8, 4) is 0 Å². The van der Waals surface area contributed by atoms with Gasteiger partial charge in [-0.05, 0) is 25.0 Å². The minimum Gasteiger partial charge on any atom is -0.382 e. The molecule has 5 nitrogen and oxygen atoms in total. The predicted molar refractivity (Wildman–Crippen MR) is 64.7 cm³/mol. The molecule has 16 heavy (non-hydrogen) atoms. The molecule has 0 unspecified atom stereocenters. The third kappa shape index (κ3) is 1.85. The molecule has 5 N–H and O–H groups in total. The minimum absolute atomic E-state index is 0.386. The second-order valence-corrected chi connectivity index (χ2v) is 3.79. The average Bonchev–Trinajstić information content (AvgIpc) is 2.20. The standard InChI is InChI=1S/C11H15N5/c1-7-4-3-5-9(8(7)2)10-6-11(12)15-16(13)14-10/h3-6,14H,13H2,1-2H3,(H2,12,15). The van der Waals surface area contributed by atoms with E-state index in [0.29, 0.717) is 5.84 Å². The summed E-state index contributed by atoms with van der Waals surface area (Å²) in [6.45, 7) is 4.13. The first-order valence-electron chi connectivity index (χ1n) is 5.02. The number of benzene rings is 1. The van der Waals surface area contributed by atoms with E-state index in [0.717, 1.165) is 16.5 Å². The van der Waals surface area contributed by atoms with Gasteiger partial charge in [0, 0.05) is 11.6 Å². The van der Waals surface area contributed by atoms with E-state index in [4.69, 9.17) is 11.6 Å². The monoisotopic (exact) mass is 217 g/mol. The summed E-state index contributed by atoms with van der Waals surface area (Å²) in [5, 5.41) is 4.95. The normalized spacial score (nSPS) is 15.3. The summed E-state index contributed by atoms with van der Waals surface area (Å²) in [7, 11) is 0. The summed E-state index contributed by atoms with van der Waals surface area (Å²) >= 11 is 0. The lowest BCUT2D eigenvalue weighted by atomic mass is 10.0. The molecule has 0 aliphatic carbocycles. The van der Waals surface area contributed by atoms with Crippen molar-refractivity contribution in [2.24, 2.45) is 16.7 Å². The van der Waals surface area contributed by atoms with Crippen molar-refractivity contribution in [1.82, 2.24) is 10.7 Å². The summed E-state index contributed by atoms with van der Waals surface area (Å²) in [5.74, 6) is 5.94. The van der Waals surface area contributed by atoms with Gasteiger partial charge in [-0.15, -0.1) is 10.3 Å². The fourth-order valence-electron chi connectivity index (χ4n) is 1.66. The molecule has 0 saturated heterocycles. The van der Waals surface area contributed by atoms with Crippen LogP contribution in [0.25, 0.3) is 5.70 Å². The Morgan fingerprint density at radius 1 is 1.31 bits per heavy atom. The predicted octanol–water partition coefficient (Wildman–Crippen LogP) is 0.610. The first kappa shape index (κ1) is 10.5. The molecule has 1 heterocycles. The second kappa shape index (κ2) is 3.86. The highest BCUT2D eigenvalue weighted by molar-refractivity contribution is 5.98. The van der Waals surface area contributed by atoms with Gasteiger partial charge in [0.1, 0.15) is 5.84 Å². The Bertz CT molecular complexity index is 475. The molecule has 0 saturated carbocycles. The van der Waals surface area contributed by atoms with Crippen LogP contribution in [0.2, 0.25) is 0 Å². The van der Waals surface area contributed by atoms with Crippen LogP contribution in [0, 0.1) is 13.8 Å². The summed E-state index contributed by atoms with van der Waals surface area (Å²) in [6.07, 6.45) is 1.77. The summed E-state index contributed by atoms with van der Waals surface area (Å²) in [5.41, 5.74) is 12.9. The van der Waals surface area contributed by atoms with Crippen LogP contribution >= 0.6 is 0 Å². The van der Waals surface area contributed by atoms with Crippen molar-refractivity contribution in [2.45, 2.75) is 13.8 Å². The molecule has 5 heteroatoms. The molecule has 1 aromatic rings. The molecule has 1 aliphatic heterocycles. The van der Waals surface area contributed by atoms with Gasteiger partial charge >= 0.3 is 0 Å². The molecule has 0 amide bonds. The number of rotatable bonds is 1. The average molecular weight is 217 g/mol. The molecule has 0 aromatic heterocycles. The Labute approximate surface area is 94.4 Å². The number of hydrazine groups is 2. The van der Waals surface area contributed by atoms with Gasteiger partial charge in [0.25, 0.3) is 0 Å². The Balaban J connectivity index is 2.46. The Morgan fingerprint density at radius 2 is 2.06 bits per heavy atom. The van der Waals surface area contributed by atoms with Crippen LogP contribution in [-0.2, 0) is 0 Å². The van der Waals surface area contributed by atoms with Gasteiger partial charge in [-0.2, -0.15) is 0 Å². The number of nitrogens with one attached hydrogen (secondary N) is 1. The van der Waals surface area contributed by atoms with Crippen molar-refractivity contribution in [3.63, 3.8) is 0 Å². The van der Waals surface area contributed by atoms with Crippen molar-refractivity contribution in [1.29, 1.82) is 0 Å². The highest BCUT2D eigenvalue weighted by Crippen LogP contribution is 2.20. The van der Waals surface area contributed by atoms with Crippen LogP contribution < -0.4 is 17.0 Å². The van der Waals surface area contributed by atoms with Gasteiger partial charge in [-0.1, -0.05) is 18.2 Å². The van der Waals surface area contributed by atoms with Crippen molar-refractivity contribution >= 4 is 11.5 Å². The van der Waals surface area contributed by atoms with Crippen LogP contribution in [0.5, 0.6) is 0 Å². The van der Waals surface area contributed by atoms with Gasteiger partial charge in [0.2, 0.25) is 0 Å². The van der Waals surface area contributed by atoms with Crippen molar-refractivity contribution < 1.29 is 0 Å². The molecule has 0 fully saturated rings. The molecule has 0 bridgehead atoms. The minimum atomic E-state index is 0.386. The fraction of sp³-hybridized carbons (Fsp3) is 0.182. The fourth-order valence-corrected chi connectivity index (χ4v) is 1.66. The molecule has 2 rings (SSSR count). The summed E-state index contributed by atoms with van der Waals surface area (Å²) in [4.78, 5) is 0. The van der Waals surface area contributed by atoms with Crippen LogP contribution in [0.4, 0.5) is 0 Å². The first-order valence-corrected chi connectivity index (χ1v) is 5.02. The largest absolute Gasteiger partial charge is 0.382 e. The number of nitrogens with two attached hydrogens (primary N) is 2. The third-order valence-corrected chi connectivity index (χ3v) is 2.65. The lowest BCUT2D eigenvalue weighted by Gasteiger charge is -2.23. The van der Waals surface area contributed by atoms with E-state index >= 15 is 0 Å². The maximum atomic E-state index is 5.65. The van der Waals surface area contributed by atoms with Crippen molar-refractivity contribution in [3.05, 3.63) is 41.0 Å². The molecule has 0 spiro atoms. The molecule has 0 radical (unpaired) electrons. The lowest BCUT2D eigenvalue weighted by molar-refractivity contribution is 0.245. The van der Waals surface area contributed by atoms with E-state index in [-0.39, 0.29) is 0 Å². The van der Waals surface area contributed by atoms with Gasteiger partial charge in [-0.3, -0.25) is 5.43 Å². The molecule has 0 atom stereocenters. The summed E-state index contributed by atoms with van der Waals surface area (Å²) in [6, 6.07) is 6.09.